The number of anilines is 1. The fraction of sp³-hybridized carbons (Fsp3) is 0.200. The molecule has 1 N–H and O–H groups in total. The van der Waals surface area contributed by atoms with Crippen LogP contribution in [-0.4, -0.2) is 26.6 Å². The van der Waals surface area contributed by atoms with Crippen LogP contribution in [0.15, 0.2) is 88.9 Å². The van der Waals surface area contributed by atoms with E-state index in [0.717, 1.165) is 9.87 Å². The van der Waals surface area contributed by atoms with E-state index >= 15 is 0 Å². The van der Waals surface area contributed by atoms with E-state index < -0.39 is 22.5 Å². The highest BCUT2D eigenvalue weighted by Gasteiger charge is 2.27. The molecule has 0 heterocycles. The average molecular weight is 468 g/mol. The topological polar surface area (TPSA) is 78.8 Å². The molecule has 3 aromatic carbocycles. The van der Waals surface area contributed by atoms with Crippen LogP contribution in [0.4, 0.5) is 10.1 Å². The normalized spacial score (nSPS) is 12.0. The predicted molar refractivity (Wildman–Crippen MR) is 128 cm³/mol. The lowest BCUT2D eigenvalue weighted by molar-refractivity contribution is -0.119. The Balaban J connectivity index is 1.87. The summed E-state index contributed by atoms with van der Waals surface area (Å²) in [4.78, 5) is 12.8. The molecule has 0 aliphatic carbocycles. The van der Waals surface area contributed by atoms with E-state index in [0.29, 0.717) is 17.0 Å². The molecular formula is C25H26FN3O3S. The fourth-order valence-corrected chi connectivity index (χ4v) is 4.57. The zero-order chi connectivity index (χ0) is 24.0. The van der Waals surface area contributed by atoms with Crippen molar-refractivity contribution in [1.29, 1.82) is 0 Å². The maximum absolute atomic E-state index is 13.4. The number of nitrogens with one attached hydrogen (secondary N) is 1. The zero-order valence-electron chi connectivity index (χ0n) is 18.7. The van der Waals surface area contributed by atoms with Crippen molar-refractivity contribution in [2.24, 2.45) is 5.10 Å². The second kappa shape index (κ2) is 10.4. The molecule has 6 nitrogen and oxygen atoms in total. The predicted octanol–water partition coefficient (Wildman–Crippen LogP) is 4.68. The molecule has 0 aliphatic heterocycles. The number of halogens is 1. The van der Waals surface area contributed by atoms with Gasteiger partial charge in [0.1, 0.15) is 12.4 Å². The molecule has 33 heavy (non-hydrogen) atoms. The van der Waals surface area contributed by atoms with Gasteiger partial charge in [-0.15, -0.1) is 0 Å². The van der Waals surface area contributed by atoms with Crippen LogP contribution >= 0.6 is 0 Å². The molecule has 3 aromatic rings. The molecule has 3 rings (SSSR count). The number of sulfonamides is 1. The van der Waals surface area contributed by atoms with E-state index in [4.69, 9.17) is 0 Å². The maximum atomic E-state index is 13.4. The van der Waals surface area contributed by atoms with Crippen LogP contribution in [-0.2, 0) is 14.8 Å². The Kier molecular flexibility index (Phi) is 7.60. The summed E-state index contributed by atoms with van der Waals surface area (Å²) in [6.45, 7) is 5.29. The number of benzene rings is 3. The van der Waals surface area contributed by atoms with Gasteiger partial charge in [-0.05, 0) is 60.4 Å². The van der Waals surface area contributed by atoms with Gasteiger partial charge in [-0.1, -0.05) is 56.3 Å². The first-order chi connectivity index (χ1) is 15.7. The van der Waals surface area contributed by atoms with E-state index in [2.05, 4.69) is 10.5 Å². The van der Waals surface area contributed by atoms with Gasteiger partial charge in [0, 0.05) is 0 Å². The summed E-state index contributed by atoms with van der Waals surface area (Å²) in [5.74, 6) is -0.699. The highest BCUT2D eigenvalue weighted by Crippen LogP contribution is 2.25. The molecule has 0 fully saturated rings. The van der Waals surface area contributed by atoms with Crippen molar-refractivity contribution in [3.05, 3.63) is 95.8 Å². The SMILES string of the molecule is C/C(=N/NC(=O)CN(c1ccc(C(C)C)cc1)S(=O)(=O)c1ccccc1)c1ccc(F)cc1. The van der Waals surface area contributed by atoms with Crippen LogP contribution < -0.4 is 9.73 Å². The highest BCUT2D eigenvalue weighted by atomic mass is 32.2. The van der Waals surface area contributed by atoms with Crippen molar-refractivity contribution in [2.45, 2.75) is 31.6 Å². The Morgan fingerprint density at radius 1 is 0.970 bits per heavy atom. The van der Waals surface area contributed by atoms with Gasteiger partial charge in [0.15, 0.2) is 0 Å². The van der Waals surface area contributed by atoms with Crippen molar-refractivity contribution >= 4 is 27.3 Å². The van der Waals surface area contributed by atoms with Crippen molar-refractivity contribution in [3.8, 4) is 0 Å². The van der Waals surface area contributed by atoms with Crippen LogP contribution in [0.1, 0.15) is 37.8 Å². The smallest absolute Gasteiger partial charge is 0.264 e. The number of hydrogen-bond donors (Lipinski definition) is 1. The minimum atomic E-state index is -4.00. The molecule has 0 saturated carbocycles. The van der Waals surface area contributed by atoms with Gasteiger partial charge in [-0.2, -0.15) is 5.10 Å². The van der Waals surface area contributed by atoms with Gasteiger partial charge in [-0.3, -0.25) is 9.10 Å². The third-order valence-electron chi connectivity index (χ3n) is 5.08. The van der Waals surface area contributed by atoms with E-state index in [1.54, 1.807) is 49.4 Å². The second-order valence-corrected chi connectivity index (χ2v) is 9.67. The number of hydrazone groups is 1. The van der Waals surface area contributed by atoms with Crippen LogP contribution in [0.5, 0.6) is 0 Å². The summed E-state index contributed by atoms with van der Waals surface area (Å²) in [5.41, 5.74) is 4.92. The molecule has 0 aliphatic rings. The minimum absolute atomic E-state index is 0.0803. The number of amides is 1. The van der Waals surface area contributed by atoms with E-state index in [1.807, 2.05) is 26.0 Å². The van der Waals surface area contributed by atoms with Crippen molar-refractivity contribution in [1.82, 2.24) is 5.43 Å². The first kappa shape index (κ1) is 24.1. The molecule has 8 heteroatoms. The number of hydrogen-bond acceptors (Lipinski definition) is 4. The lowest BCUT2D eigenvalue weighted by atomic mass is 10.0. The van der Waals surface area contributed by atoms with Crippen molar-refractivity contribution in [3.63, 3.8) is 0 Å². The Hall–Kier alpha value is -3.52. The standard InChI is InChI=1S/C25H26FN3O3S/c1-18(2)20-11-15-23(16-12-20)29(33(31,32)24-7-5-4-6-8-24)17-25(30)28-27-19(3)21-9-13-22(26)14-10-21/h4-16,18H,17H2,1-3H3,(H,28,30)/b27-19-. The summed E-state index contributed by atoms with van der Waals surface area (Å²) in [6.07, 6.45) is 0. The molecular weight excluding hydrogens is 441 g/mol. The molecule has 0 spiro atoms. The summed E-state index contributed by atoms with van der Waals surface area (Å²) >= 11 is 0. The number of carbonyl (C=O) groups is 1. The van der Waals surface area contributed by atoms with Crippen LogP contribution in [0.25, 0.3) is 0 Å². The van der Waals surface area contributed by atoms with Gasteiger partial charge in [0.25, 0.3) is 15.9 Å². The van der Waals surface area contributed by atoms with Crippen LogP contribution in [0.2, 0.25) is 0 Å². The number of carbonyl (C=O) groups excluding carboxylic acids is 1. The third kappa shape index (κ3) is 6.04. The summed E-state index contributed by atoms with van der Waals surface area (Å²) in [5, 5.41) is 4.04. The van der Waals surface area contributed by atoms with E-state index in [9.17, 15) is 17.6 Å². The lowest BCUT2D eigenvalue weighted by Crippen LogP contribution is -2.39. The third-order valence-corrected chi connectivity index (χ3v) is 6.86. The molecule has 1 amide bonds. The first-order valence-electron chi connectivity index (χ1n) is 10.5. The zero-order valence-corrected chi connectivity index (χ0v) is 19.5. The van der Waals surface area contributed by atoms with Gasteiger partial charge < -0.3 is 0 Å². The van der Waals surface area contributed by atoms with Crippen molar-refractivity contribution in [2.75, 3.05) is 10.8 Å². The molecule has 0 bridgehead atoms. The monoisotopic (exact) mass is 467 g/mol. The van der Waals surface area contributed by atoms with Gasteiger partial charge in [-0.25, -0.2) is 18.2 Å². The summed E-state index contributed by atoms with van der Waals surface area (Å²) < 4.78 is 40.9. The van der Waals surface area contributed by atoms with Gasteiger partial charge >= 0.3 is 0 Å². The average Bonchev–Trinajstić information content (AvgIpc) is 2.82. The lowest BCUT2D eigenvalue weighted by Gasteiger charge is -2.24. The Bertz CT molecular complexity index is 1220. The number of nitrogens with zero attached hydrogens (tertiary/aromatic N) is 2. The van der Waals surface area contributed by atoms with Crippen LogP contribution in [0.3, 0.4) is 0 Å². The highest BCUT2D eigenvalue weighted by molar-refractivity contribution is 7.92. The van der Waals surface area contributed by atoms with E-state index in [-0.39, 0.29) is 16.6 Å². The molecule has 0 saturated heterocycles. The minimum Gasteiger partial charge on any atom is -0.271 e. The fourth-order valence-electron chi connectivity index (χ4n) is 3.13. The molecule has 0 unspecified atom stereocenters. The first-order valence-corrected chi connectivity index (χ1v) is 11.9. The second-order valence-electron chi connectivity index (χ2n) is 7.81. The number of rotatable bonds is 8. The molecule has 0 aromatic heterocycles. The Morgan fingerprint density at radius 3 is 2.15 bits per heavy atom. The maximum Gasteiger partial charge on any atom is 0.264 e. The van der Waals surface area contributed by atoms with Crippen LogP contribution in [0, 0.1) is 5.82 Å². The molecule has 172 valence electrons. The molecule has 0 radical (unpaired) electrons. The summed E-state index contributed by atoms with van der Waals surface area (Å²) in [6, 6.07) is 20.7. The largest absolute Gasteiger partial charge is 0.271 e. The quantitative estimate of drug-likeness (QED) is 0.386. The Labute approximate surface area is 193 Å². The van der Waals surface area contributed by atoms with Gasteiger partial charge in [0.2, 0.25) is 0 Å². The summed E-state index contributed by atoms with van der Waals surface area (Å²) in [7, 11) is -4.00. The van der Waals surface area contributed by atoms with Crippen molar-refractivity contribution < 1.29 is 17.6 Å². The van der Waals surface area contributed by atoms with Gasteiger partial charge in [0.05, 0.1) is 16.3 Å². The molecule has 0 atom stereocenters. The van der Waals surface area contributed by atoms with E-state index in [1.165, 1.54) is 24.3 Å². The Morgan fingerprint density at radius 2 is 1.58 bits per heavy atom.